The Morgan fingerprint density at radius 1 is 1.03 bits per heavy atom. The molecule has 200 valence electrons. The molecule has 0 bridgehead atoms. The highest BCUT2D eigenvalue weighted by atomic mass is 19.4. The van der Waals surface area contributed by atoms with Crippen molar-refractivity contribution in [2.45, 2.75) is 57.3 Å². The minimum Gasteiger partial charge on any atom is -0.406 e. The quantitative estimate of drug-likeness (QED) is 0.322. The van der Waals surface area contributed by atoms with E-state index in [0.717, 1.165) is 75.9 Å². The van der Waals surface area contributed by atoms with E-state index in [1.165, 1.54) is 24.3 Å². The van der Waals surface area contributed by atoms with Crippen LogP contribution in [0.3, 0.4) is 0 Å². The van der Waals surface area contributed by atoms with Crippen LogP contribution in [0.25, 0.3) is 0 Å². The third-order valence-electron chi connectivity index (χ3n) is 7.15. The summed E-state index contributed by atoms with van der Waals surface area (Å²) >= 11 is 0. The first-order chi connectivity index (χ1) is 17.7. The number of nitrogens with zero attached hydrogens (tertiary/aromatic N) is 2. The van der Waals surface area contributed by atoms with Gasteiger partial charge in [-0.05, 0) is 80.3 Å². The summed E-state index contributed by atoms with van der Waals surface area (Å²) in [4.78, 5) is 25.5. The van der Waals surface area contributed by atoms with E-state index in [2.05, 4.69) is 20.3 Å². The van der Waals surface area contributed by atoms with Crippen molar-refractivity contribution in [2.75, 3.05) is 23.3 Å². The van der Waals surface area contributed by atoms with E-state index in [4.69, 9.17) is 0 Å². The zero-order valence-corrected chi connectivity index (χ0v) is 20.4. The molecular formula is C26H31F3N4O4. The van der Waals surface area contributed by atoms with Crippen LogP contribution in [0.1, 0.15) is 44.9 Å². The van der Waals surface area contributed by atoms with Crippen LogP contribution in [-0.2, 0) is 0 Å². The number of piperidine rings is 1. The Hall–Kier alpha value is -3.50. The molecule has 2 aromatic rings. The predicted molar refractivity (Wildman–Crippen MR) is 134 cm³/mol. The molecule has 1 saturated heterocycles. The zero-order valence-electron chi connectivity index (χ0n) is 20.4. The number of anilines is 2. The van der Waals surface area contributed by atoms with Crippen molar-refractivity contribution in [3.63, 3.8) is 0 Å². The highest BCUT2D eigenvalue weighted by molar-refractivity contribution is 5.89. The van der Waals surface area contributed by atoms with Crippen LogP contribution in [0.4, 0.5) is 35.0 Å². The molecule has 0 aromatic heterocycles. The summed E-state index contributed by atoms with van der Waals surface area (Å²) < 4.78 is 40.9. The van der Waals surface area contributed by atoms with Crippen LogP contribution in [-0.4, -0.2) is 36.4 Å². The van der Waals surface area contributed by atoms with Gasteiger partial charge < -0.3 is 20.3 Å². The third-order valence-corrected chi connectivity index (χ3v) is 7.15. The molecule has 4 rings (SSSR count). The van der Waals surface area contributed by atoms with Gasteiger partial charge in [-0.3, -0.25) is 10.1 Å². The van der Waals surface area contributed by atoms with E-state index >= 15 is 0 Å². The molecule has 0 unspecified atom stereocenters. The van der Waals surface area contributed by atoms with Gasteiger partial charge in [0.15, 0.2) is 0 Å². The first kappa shape index (κ1) is 26.6. The lowest BCUT2D eigenvalue weighted by atomic mass is 9.77. The number of alkyl halides is 3. The number of amides is 2. The summed E-state index contributed by atoms with van der Waals surface area (Å²) in [6.07, 6.45) is 2.43. The number of hydrogen-bond donors (Lipinski definition) is 2. The summed E-state index contributed by atoms with van der Waals surface area (Å²) in [6, 6.07) is 11.4. The maximum absolute atomic E-state index is 12.7. The molecule has 1 saturated carbocycles. The van der Waals surface area contributed by atoms with Crippen LogP contribution in [0.5, 0.6) is 5.75 Å². The molecule has 0 radical (unpaired) electrons. The van der Waals surface area contributed by atoms with Crippen LogP contribution >= 0.6 is 0 Å². The Kier molecular flexibility index (Phi) is 8.40. The number of non-ortho nitro benzene ring substituents is 1. The maximum atomic E-state index is 12.7. The fourth-order valence-corrected chi connectivity index (χ4v) is 5.46. The zero-order chi connectivity index (χ0) is 26.4. The van der Waals surface area contributed by atoms with E-state index in [1.54, 1.807) is 12.1 Å². The fourth-order valence-electron chi connectivity index (χ4n) is 5.46. The Morgan fingerprint density at radius 3 is 2.41 bits per heavy atom. The van der Waals surface area contributed by atoms with Gasteiger partial charge in [0.2, 0.25) is 0 Å². The maximum Gasteiger partial charge on any atom is 0.573 e. The van der Waals surface area contributed by atoms with Gasteiger partial charge in [0.05, 0.1) is 4.92 Å². The topological polar surface area (TPSA) is 96.7 Å². The SMILES string of the molecule is O=C(Nc1ccc(OC(F)(F)F)cc1)N[C@@H]1CCCC[C@H]1C[C@H]1CCCN(c2ccc([N+](=O)[O-])cc2)C1. The van der Waals surface area contributed by atoms with Crippen molar-refractivity contribution in [3.8, 4) is 5.75 Å². The number of nitro groups is 1. The van der Waals surface area contributed by atoms with Gasteiger partial charge in [-0.2, -0.15) is 0 Å². The van der Waals surface area contributed by atoms with Crippen molar-refractivity contribution < 1.29 is 27.6 Å². The molecule has 2 aromatic carbocycles. The Bertz CT molecular complexity index is 1060. The fraction of sp³-hybridized carbons (Fsp3) is 0.500. The summed E-state index contributed by atoms with van der Waals surface area (Å²) in [5.41, 5.74) is 1.45. The average Bonchev–Trinajstić information content (AvgIpc) is 2.86. The van der Waals surface area contributed by atoms with Crippen molar-refractivity contribution in [1.82, 2.24) is 5.32 Å². The molecular weight excluding hydrogens is 489 g/mol. The second kappa shape index (κ2) is 11.7. The first-order valence-electron chi connectivity index (χ1n) is 12.6. The van der Waals surface area contributed by atoms with Gasteiger partial charge in [-0.25, -0.2) is 4.79 Å². The highest BCUT2D eigenvalue weighted by Crippen LogP contribution is 2.34. The predicted octanol–water partition coefficient (Wildman–Crippen LogP) is 6.48. The van der Waals surface area contributed by atoms with Crippen LogP contribution < -0.4 is 20.3 Å². The van der Waals surface area contributed by atoms with Crippen molar-refractivity contribution in [3.05, 3.63) is 58.6 Å². The number of nitrogens with one attached hydrogen (secondary N) is 2. The summed E-state index contributed by atoms with van der Waals surface area (Å²) in [5, 5.41) is 16.7. The number of rotatable bonds is 7. The molecule has 37 heavy (non-hydrogen) atoms. The number of halogens is 3. The molecule has 2 amide bonds. The lowest BCUT2D eigenvalue weighted by Gasteiger charge is -2.39. The molecule has 11 heteroatoms. The van der Waals surface area contributed by atoms with Gasteiger partial charge in [0.1, 0.15) is 5.75 Å². The molecule has 2 aliphatic rings. The molecule has 2 fully saturated rings. The van der Waals surface area contributed by atoms with E-state index in [1.807, 2.05) is 0 Å². The van der Waals surface area contributed by atoms with E-state index in [0.29, 0.717) is 17.5 Å². The molecule has 1 heterocycles. The third kappa shape index (κ3) is 7.74. The van der Waals surface area contributed by atoms with Gasteiger partial charge >= 0.3 is 12.4 Å². The average molecular weight is 521 g/mol. The summed E-state index contributed by atoms with van der Waals surface area (Å²) in [5.74, 6) is 0.450. The monoisotopic (exact) mass is 520 g/mol. The number of hydrogen-bond acceptors (Lipinski definition) is 5. The molecule has 1 aliphatic heterocycles. The Morgan fingerprint density at radius 2 is 1.73 bits per heavy atom. The number of urea groups is 1. The second-order valence-electron chi connectivity index (χ2n) is 9.79. The number of nitro benzene ring substituents is 1. The Balaban J connectivity index is 1.30. The normalized spacial score (nSPS) is 22.2. The number of ether oxygens (including phenoxy) is 1. The van der Waals surface area contributed by atoms with Gasteiger partial charge in [-0.1, -0.05) is 12.8 Å². The number of benzene rings is 2. The van der Waals surface area contributed by atoms with Gasteiger partial charge in [-0.15, -0.1) is 13.2 Å². The lowest BCUT2D eigenvalue weighted by molar-refractivity contribution is -0.384. The molecule has 1 aliphatic carbocycles. The molecule has 0 spiro atoms. The van der Waals surface area contributed by atoms with Gasteiger partial charge in [0, 0.05) is 42.6 Å². The molecule has 8 nitrogen and oxygen atoms in total. The van der Waals surface area contributed by atoms with Crippen molar-refractivity contribution in [1.29, 1.82) is 0 Å². The summed E-state index contributed by atoms with van der Waals surface area (Å²) in [7, 11) is 0. The van der Waals surface area contributed by atoms with Crippen molar-refractivity contribution in [2.24, 2.45) is 11.8 Å². The second-order valence-corrected chi connectivity index (χ2v) is 9.79. The minimum atomic E-state index is -4.76. The summed E-state index contributed by atoms with van der Waals surface area (Å²) in [6.45, 7) is 1.79. The minimum absolute atomic E-state index is 0.0244. The van der Waals surface area contributed by atoms with E-state index in [9.17, 15) is 28.1 Å². The number of carbonyl (C=O) groups is 1. The largest absolute Gasteiger partial charge is 0.573 e. The molecule has 2 N–H and O–H groups in total. The van der Waals surface area contributed by atoms with E-state index in [-0.39, 0.29) is 23.5 Å². The van der Waals surface area contributed by atoms with Crippen LogP contribution in [0.2, 0.25) is 0 Å². The van der Waals surface area contributed by atoms with Gasteiger partial charge in [0.25, 0.3) is 5.69 Å². The van der Waals surface area contributed by atoms with Crippen LogP contribution in [0.15, 0.2) is 48.5 Å². The van der Waals surface area contributed by atoms with Crippen molar-refractivity contribution >= 4 is 23.1 Å². The molecule has 3 atom stereocenters. The Labute approximate surface area is 213 Å². The highest BCUT2D eigenvalue weighted by Gasteiger charge is 2.32. The smallest absolute Gasteiger partial charge is 0.406 e. The number of carbonyl (C=O) groups excluding carboxylic acids is 1. The first-order valence-corrected chi connectivity index (χ1v) is 12.6. The van der Waals surface area contributed by atoms with Crippen LogP contribution in [0, 0.1) is 22.0 Å². The standard InChI is InChI=1S/C26H31F3N4O4/c27-26(28,29)37-23-13-7-20(8-14-23)30-25(34)31-24-6-2-1-5-19(24)16-18-4-3-15-32(17-18)21-9-11-22(12-10-21)33(35)36/h7-14,18-19,24H,1-6,15-17H2,(H2,30,31,34)/t18-,19+,24-/m1/s1. The lowest BCUT2D eigenvalue weighted by Crippen LogP contribution is -2.45. The van der Waals surface area contributed by atoms with E-state index < -0.39 is 11.3 Å².